The summed E-state index contributed by atoms with van der Waals surface area (Å²) >= 11 is 0. The Balaban J connectivity index is 0.000000229. The molecule has 95 heavy (non-hydrogen) atoms. The third-order valence-electron chi connectivity index (χ3n) is 15.3. The van der Waals surface area contributed by atoms with Gasteiger partial charge < -0.3 is 58.3 Å². The van der Waals surface area contributed by atoms with Crippen LogP contribution < -0.4 is 37.9 Å². The highest BCUT2D eigenvalue weighted by Gasteiger charge is 2.44. The fourth-order valence-electron chi connectivity index (χ4n) is 11.2. The molecule has 16 nitrogen and oxygen atoms in total. The predicted octanol–water partition coefficient (Wildman–Crippen LogP) is 13.3. The zero-order valence-corrected chi connectivity index (χ0v) is 54.6. The Bertz CT molecular complexity index is 5750. The molecule has 4 N–H and O–H groups in total. The topological polar surface area (TPSA) is 168 Å². The lowest BCUT2D eigenvalue weighted by atomic mass is 9.75. The number of ether oxygens (including phenoxy) is 8. The summed E-state index contributed by atoms with van der Waals surface area (Å²) in [4.78, 5) is 2.78. The molecule has 4 aromatic rings. The second-order valence-corrected chi connectivity index (χ2v) is 23.5. The van der Waals surface area contributed by atoms with Crippen molar-refractivity contribution < 1.29 is 139 Å². The maximum Gasteiger partial charge on any atom is 0.161 e. The van der Waals surface area contributed by atoms with E-state index in [-0.39, 0.29) is 130 Å². The van der Waals surface area contributed by atoms with Crippen LogP contribution in [0.4, 0.5) is 0 Å². The Morgan fingerprint density at radius 2 is 0.653 bits per heavy atom. The summed E-state index contributed by atoms with van der Waals surface area (Å²) in [5, 5.41) is 45.7. The van der Waals surface area contributed by atoms with Crippen molar-refractivity contribution in [3.05, 3.63) is 92.8 Å². The fourth-order valence-corrected chi connectivity index (χ4v) is 11.2. The smallest absolute Gasteiger partial charge is 0.161 e. The first-order valence-electron chi connectivity index (χ1n) is 59.4. The average Bonchev–Trinajstić information content (AvgIpc) is 0.653. The van der Waals surface area contributed by atoms with Gasteiger partial charge in [-0.3, -0.25) is 19.6 Å². The fraction of sp³-hybridized carbons (Fsp3) is 0.696. The minimum absolute atomic E-state index is 0.00897. The number of piperidine rings is 4. The first-order valence-corrected chi connectivity index (χ1v) is 29.9. The molecule has 16 heteroatoms. The Morgan fingerprint density at radius 1 is 0.421 bits per heavy atom. The molecule has 8 heterocycles. The maximum atomic E-state index is 11.5. The average molecular weight is 1380 g/mol. The van der Waals surface area contributed by atoms with Crippen LogP contribution in [0.3, 0.4) is 0 Å². The van der Waals surface area contributed by atoms with Gasteiger partial charge in [-0.05, 0) is 215 Å². The van der Waals surface area contributed by atoms with Crippen LogP contribution in [0.2, 0.25) is 0 Å². The van der Waals surface area contributed by atoms with E-state index in [0.29, 0.717) is 41.0 Å². The van der Waals surface area contributed by atoms with Crippen LogP contribution in [0.1, 0.15) is 276 Å². The minimum Gasteiger partial charge on any atom is -0.493 e. The first-order chi connectivity index (χ1) is 68.3. The van der Waals surface area contributed by atoms with E-state index in [1.807, 2.05) is 0 Å². The molecule has 0 bridgehead atoms. The van der Waals surface area contributed by atoms with E-state index in [0.717, 1.165) is 26.2 Å². The lowest BCUT2D eigenvalue weighted by Crippen LogP contribution is -2.48. The summed E-state index contributed by atoms with van der Waals surface area (Å²) in [6.07, 6.45) is -42.8. The van der Waals surface area contributed by atoms with E-state index in [1.165, 1.54) is 28.4 Å². The third kappa shape index (κ3) is 17.9. The molecule has 4 saturated heterocycles. The lowest BCUT2D eigenvalue weighted by Gasteiger charge is -2.47. The molecule has 12 unspecified atom stereocenters. The summed E-state index contributed by atoms with van der Waals surface area (Å²) in [6, 6.07) is -11.7. The molecule has 4 fully saturated rings. The number of fused-ring (bicyclic) bond motifs is 12. The number of nitrogens with zero attached hydrogens (tertiary/aromatic N) is 4. The largest absolute Gasteiger partial charge is 0.493 e. The van der Waals surface area contributed by atoms with Crippen molar-refractivity contribution in [3.63, 3.8) is 0 Å². The van der Waals surface area contributed by atoms with Gasteiger partial charge in [-0.2, -0.15) is 0 Å². The molecule has 0 spiro atoms. The molecule has 12 rings (SSSR count). The van der Waals surface area contributed by atoms with E-state index in [4.69, 9.17) is 119 Å². The van der Waals surface area contributed by atoms with Crippen LogP contribution in [0.5, 0.6) is 46.0 Å². The summed E-state index contributed by atoms with van der Waals surface area (Å²) < 4.78 is 539. The molecule has 4 aromatic carbocycles. The van der Waals surface area contributed by atoms with Gasteiger partial charge in [0, 0.05) is 137 Å². The number of benzene rings is 4. The van der Waals surface area contributed by atoms with Gasteiger partial charge in [-0.25, -0.2) is 0 Å². The van der Waals surface area contributed by atoms with Gasteiger partial charge in [0.15, 0.2) is 46.0 Å². The predicted molar refractivity (Wildman–Crippen MR) is 378 cm³/mol. The van der Waals surface area contributed by atoms with Gasteiger partial charge >= 0.3 is 0 Å². The normalized spacial score (nSPS) is 48.3. The molecular weight excluding hydrogens is 1200 g/mol. The monoisotopic (exact) mass is 1380 g/mol. The van der Waals surface area contributed by atoms with Gasteiger partial charge in [0.1, 0.15) is 0 Å². The Morgan fingerprint density at radius 3 is 0.884 bits per heavy atom. The second kappa shape index (κ2) is 31.4. The lowest BCUT2D eigenvalue weighted by molar-refractivity contribution is -0.0259. The molecule has 12 atom stereocenters. The van der Waals surface area contributed by atoms with E-state index in [9.17, 15) is 20.4 Å². The zero-order valence-electron chi connectivity index (χ0n) is 114. The third-order valence-corrected chi connectivity index (χ3v) is 15.3. The summed E-state index contributed by atoms with van der Waals surface area (Å²) in [7, 11) is 5.16. The number of rotatable bonds is 13. The van der Waals surface area contributed by atoms with Gasteiger partial charge in [0.2, 0.25) is 0 Å². The number of hydrogen-bond acceptors (Lipinski definition) is 16. The van der Waals surface area contributed by atoms with Crippen LogP contribution in [0.25, 0.3) is 0 Å². The molecule has 0 aromatic heterocycles. The van der Waals surface area contributed by atoms with Crippen molar-refractivity contribution in [2.24, 2.45) is 45.7 Å². The van der Waals surface area contributed by atoms with Gasteiger partial charge in [-0.15, -0.1) is 0 Å². The molecule has 0 radical (unpaired) electrons. The summed E-state index contributed by atoms with van der Waals surface area (Å²) in [5.41, 5.74) is -12.0. The van der Waals surface area contributed by atoms with Crippen LogP contribution >= 0.6 is 0 Å². The van der Waals surface area contributed by atoms with Crippen molar-refractivity contribution >= 4 is 0 Å². The number of aliphatic hydroxyl groups is 4. The summed E-state index contributed by atoms with van der Waals surface area (Å²) in [5.74, 6) is -17.6. The van der Waals surface area contributed by atoms with Gasteiger partial charge in [0.25, 0.3) is 0 Å². The van der Waals surface area contributed by atoms with E-state index >= 15 is 0 Å². The molecular formula is C79H122N4O12. The van der Waals surface area contributed by atoms with E-state index in [1.54, 1.807) is 13.8 Å². The Kier molecular flexibility index (Phi) is 9.56. The van der Waals surface area contributed by atoms with Crippen molar-refractivity contribution in [3.8, 4) is 46.0 Å². The van der Waals surface area contributed by atoms with Crippen LogP contribution in [-0.4, -0.2) is 173 Å². The van der Waals surface area contributed by atoms with Crippen molar-refractivity contribution in [1.29, 1.82) is 0 Å². The minimum atomic E-state index is -4.29. The highest BCUT2D eigenvalue weighted by Crippen LogP contribution is 2.49. The molecule has 0 aliphatic carbocycles. The Hall–Kier alpha value is -5.04. The molecule has 8 aliphatic rings. The highest BCUT2D eigenvalue weighted by atomic mass is 16.5. The zero-order chi connectivity index (χ0) is 121. The van der Waals surface area contributed by atoms with Crippen LogP contribution in [0.15, 0.2) is 48.3 Å². The van der Waals surface area contributed by atoms with Crippen LogP contribution in [-0.2, 0) is 25.7 Å². The summed E-state index contributed by atoms with van der Waals surface area (Å²) in [6.45, 7) is -33.1. The van der Waals surface area contributed by atoms with Crippen molar-refractivity contribution in [2.75, 3.05) is 109 Å². The van der Waals surface area contributed by atoms with Gasteiger partial charge in [0.05, 0.1) is 102 Å². The second-order valence-electron chi connectivity index (χ2n) is 23.5. The van der Waals surface area contributed by atoms with E-state index < -0.39 is 274 Å². The molecule has 8 aliphatic heterocycles. The number of methoxy groups -OCH3 is 8. The standard InChI is InChI=1S/3C20H31NO3.C19H29NO3/c3*1-20(2,3)11-14-12-21-7-6-13-8-18(23-4)19(24-5)9-15(13)16(21)10-17(14)22;1-12(2)7-14-11-20-6-5-13-8-18(22-3)19(23-4)9-15(13)16(20)10-17(14)21/h3*8-9,14,16-17,22H,6-7,10-12H2,1-5H3;8-9,12,14,16-17,21H,5-7,10-11H2,1-4H3/i1D3,2D3,5D3,8D,9D,10D2,11D2,12D2,14D,17D;2*1D3,2D3,8D,9D,10D2,11D2,12D2,14D,17D;8D,9D,10D2,11D2,14D,17D. The van der Waals surface area contributed by atoms with Crippen molar-refractivity contribution in [1.82, 2.24) is 19.6 Å². The molecule has 530 valence electrons. The number of hydrogen-bond donors (Lipinski definition) is 4. The maximum absolute atomic E-state index is 11.5. The quantitative estimate of drug-likeness (QED) is 0.0997. The van der Waals surface area contributed by atoms with Crippen molar-refractivity contribution in [2.45, 2.75) is 201 Å². The first kappa shape index (κ1) is 28.9. The Labute approximate surface area is 654 Å². The van der Waals surface area contributed by atoms with Gasteiger partial charge in [-0.1, -0.05) is 75.7 Å². The molecule has 0 amide bonds. The van der Waals surface area contributed by atoms with E-state index in [2.05, 4.69) is 0 Å². The SMILES string of the molecule is [2H]c1c2c(c([2H])c(OC([2H])([2H])[2H])c1OC)C1N(CC2)C([2H])([2H])C([2H])(C([2H])([2H])C(C)(C([2H])([2H])[2H])C([2H])([2H])[2H])C([2H])(O)C1([2H])[2H].[2H]c1c2c(c([2H])c(OC)c1OC)C1N(CC2)C([2H])([2H])C([2H])(C([2H])([2H])C(C)(C([2H])([2H])[2H])C([2H])([2H])[2H])C([2H])(O)C1([2H])[2H].[2H]c1c2c(c([2H])c(OC)c1OC)C1N(CC2)C([2H])([2H])C([2H])(C([2H])([2H])C(C)(C([2H])([2H])[2H])C([2H])([2H])[2H])C([2H])(O)C1([2H])[2H].[2H]c1c2c(c([2H])c(OC)c1OC)C1N(CC2)C([2H])([2H])C([2H])(CC(C)C)C([2H])(O)C1([2H])[2H]. The molecule has 0 saturated carbocycles. The van der Waals surface area contributed by atoms with Crippen LogP contribution in [0, 0.1) is 45.7 Å². The highest BCUT2D eigenvalue weighted by molar-refractivity contribution is 5.53.